The van der Waals surface area contributed by atoms with Crippen molar-refractivity contribution in [3.05, 3.63) is 59.7 Å². The summed E-state index contributed by atoms with van der Waals surface area (Å²) in [7, 11) is 0. The molecule has 2 aromatic rings. The fraction of sp³-hybridized carbons (Fsp3) is 0.278. The minimum absolute atomic E-state index is 0.520. The van der Waals surface area contributed by atoms with E-state index < -0.39 is 0 Å². The van der Waals surface area contributed by atoms with Gasteiger partial charge in [-0.1, -0.05) is 18.2 Å². The maximum Gasteiger partial charge on any atom is 0.119 e. The minimum atomic E-state index is 0.520. The molecule has 0 spiro atoms. The van der Waals surface area contributed by atoms with Crippen molar-refractivity contribution in [2.75, 3.05) is 18.1 Å². The van der Waals surface area contributed by atoms with Gasteiger partial charge in [-0.05, 0) is 49.2 Å². The molecule has 1 aliphatic heterocycles. The van der Waals surface area contributed by atoms with E-state index in [0.29, 0.717) is 18.2 Å². The summed E-state index contributed by atoms with van der Waals surface area (Å²) in [6, 6.07) is 18.5. The fourth-order valence-corrected chi connectivity index (χ4v) is 2.86. The second-order valence-corrected chi connectivity index (χ2v) is 5.36. The fourth-order valence-electron chi connectivity index (χ4n) is 2.86. The molecule has 0 fully saturated rings. The number of fused-ring (bicyclic) bond motifs is 1. The van der Waals surface area contributed by atoms with Crippen LogP contribution in [0.3, 0.4) is 0 Å². The summed E-state index contributed by atoms with van der Waals surface area (Å²) in [4.78, 5) is 2.40. The second-order valence-electron chi connectivity index (χ2n) is 5.36. The zero-order valence-electron chi connectivity index (χ0n) is 12.1. The summed E-state index contributed by atoms with van der Waals surface area (Å²) in [5.74, 6) is 0.814. The molecule has 0 aromatic heterocycles. The molecule has 0 N–H and O–H groups in total. The van der Waals surface area contributed by atoms with Crippen LogP contribution in [0, 0.1) is 11.3 Å². The normalized spacial score (nSPS) is 16.4. The van der Waals surface area contributed by atoms with Crippen molar-refractivity contribution in [2.24, 2.45) is 0 Å². The first-order valence-corrected chi connectivity index (χ1v) is 7.25. The largest absolute Gasteiger partial charge is 0.492 e. The van der Waals surface area contributed by atoms with Crippen molar-refractivity contribution in [3.63, 3.8) is 0 Å². The molecule has 0 aliphatic carbocycles. The topological polar surface area (TPSA) is 36.3 Å². The van der Waals surface area contributed by atoms with Gasteiger partial charge in [-0.15, -0.1) is 0 Å². The lowest BCUT2D eigenvalue weighted by molar-refractivity contribution is 0.321. The predicted octanol–water partition coefficient (Wildman–Crippen LogP) is 3.39. The smallest absolute Gasteiger partial charge is 0.119 e. The quantitative estimate of drug-likeness (QED) is 0.860. The molecule has 3 heteroatoms. The molecular formula is C18H18N2O. The Kier molecular flexibility index (Phi) is 3.79. The minimum Gasteiger partial charge on any atom is -0.492 e. The lowest BCUT2D eigenvalue weighted by atomic mass is 10.1. The van der Waals surface area contributed by atoms with Crippen molar-refractivity contribution < 1.29 is 4.74 Å². The third-order valence-corrected chi connectivity index (χ3v) is 3.93. The second kappa shape index (κ2) is 5.88. The number of para-hydroxylation sites is 1. The van der Waals surface area contributed by atoms with Crippen LogP contribution >= 0.6 is 0 Å². The number of hydrogen-bond donors (Lipinski definition) is 0. The van der Waals surface area contributed by atoms with Crippen molar-refractivity contribution in [2.45, 2.75) is 19.4 Å². The van der Waals surface area contributed by atoms with Gasteiger partial charge in [0.1, 0.15) is 12.4 Å². The van der Waals surface area contributed by atoms with E-state index in [4.69, 9.17) is 10.00 Å². The molecule has 3 nitrogen and oxygen atoms in total. The Labute approximate surface area is 125 Å². The molecule has 0 radical (unpaired) electrons. The van der Waals surface area contributed by atoms with E-state index in [1.54, 1.807) is 12.1 Å². The highest BCUT2D eigenvalue weighted by Crippen LogP contribution is 2.31. The van der Waals surface area contributed by atoms with Crippen LogP contribution in [0.5, 0.6) is 5.75 Å². The number of ether oxygens (including phenoxy) is 1. The zero-order chi connectivity index (χ0) is 14.7. The van der Waals surface area contributed by atoms with Crippen LogP contribution < -0.4 is 9.64 Å². The van der Waals surface area contributed by atoms with Crippen molar-refractivity contribution >= 4 is 5.69 Å². The first-order valence-electron chi connectivity index (χ1n) is 7.25. The lowest BCUT2D eigenvalue weighted by Gasteiger charge is -2.24. The van der Waals surface area contributed by atoms with E-state index in [0.717, 1.165) is 18.7 Å². The van der Waals surface area contributed by atoms with E-state index in [-0.39, 0.29) is 0 Å². The van der Waals surface area contributed by atoms with Gasteiger partial charge in [0, 0.05) is 11.7 Å². The Morgan fingerprint density at radius 3 is 2.71 bits per heavy atom. The molecule has 2 aromatic carbocycles. The summed E-state index contributed by atoms with van der Waals surface area (Å²) in [5, 5.41) is 8.77. The molecule has 0 bridgehead atoms. The van der Waals surface area contributed by atoms with Crippen LogP contribution in [0.15, 0.2) is 48.5 Å². The van der Waals surface area contributed by atoms with Crippen LogP contribution in [0.25, 0.3) is 0 Å². The summed E-state index contributed by atoms with van der Waals surface area (Å²) in [6.07, 6.45) is 1.10. The Morgan fingerprint density at radius 2 is 1.95 bits per heavy atom. The van der Waals surface area contributed by atoms with Gasteiger partial charge in [-0.25, -0.2) is 0 Å². The highest BCUT2D eigenvalue weighted by molar-refractivity contribution is 5.59. The van der Waals surface area contributed by atoms with E-state index in [2.05, 4.69) is 42.2 Å². The number of nitriles is 1. The maximum atomic E-state index is 8.77. The van der Waals surface area contributed by atoms with E-state index in [9.17, 15) is 0 Å². The van der Waals surface area contributed by atoms with Gasteiger partial charge in [0.25, 0.3) is 0 Å². The van der Waals surface area contributed by atoms with E-state index in [1.807, 2.05) is 12.1 Å². The van der Waals surface area contributed by atoms with Gasteiger partial charge in [0.15, 0.2) is 0 Å². The molecule has 106 valence electrons. The molecule has 21 heavy (non-hydrogen) atoms. The number of nitrogens with zero attached hydrogens (tertiary/aromatic N) is 2. The van der Waals surface area contributed by atoms with Gasteiger partial charge >= 0.3 is 0 Å². The van der Waals surface area contributed by atoms with Crippen molar-refractivity contribution in [3.8, 4) is 11.8 Å². The monoisotopic (exact) mass is 278 g/mol. The lowest BCUT2D eigenvalue weighted by Crippen LogP contribution is -2.33. The Morgan fingerprint density at radius 1 is 1.19 bits per heavy atom. The number of benzene rings is 2. The van der Waals surface area contributed by atoms with E-state index in [1.165, 1.54) is 11.3 Å². The van der Waals surface area contributed by atoms with Gasteiger partial charge in [-0.3, -0.25) is 0 Å². The average Bonchev–Trinajstić information content (AvgIpc) is 2.84. The SMILES string of the molecule is CC1Cc2ccccc2N1CCOc1ccc(C#N)cc1. The predicted molar refractivity (Wildman–Crippen MR) is 83.6 cm³/mol. The summed E-state index contributed by atoms with van der Waals surface area (Å²) < 4.78 is 5.78. The van der Waals surface area contributed by atoms with Crippen LogP contribution in [0.4, 0.5) is 5.69 Å². The van der Waals surface area contributed by atoms with Crippen LogP contribution in [-0.2, 0) is 6.42 Å². The van der Waals surface area contributed by atoms with Gasteiger partial charge < -0.3 is 9.64 Å². The number of hydrogen-bond acceptors (Lipinski definition) is 3. The maximum absolute atomic E-state index is 8.77. The van der Waals surface area contributed by atoms with Crippen LogP contribution in [0.1, 0.15) is 18.1 Å². The standard InChI is InChI=1S/C18H18N2O/c1-14-12-16-4-2-3-5-18(16)20(14)10-11-21-17-8-6-15(13-19)7-9-17/h2-9,14H,10-12H2,1H3. The van der Waals surface area contributed by atoms with E-state index >= 15 is 0 Å². The molecule has 1 atom stereocenters. The van der Waals surface area contributed by atoms with Crippen molar-refractivity contribution in [1.29, 1.82) is 5.26 Å². The zero-order valence-corrected chi connectivity index (χ0v) is 12.1. The highest BCUT2D eigenvalue weighted by Gasteiger charge is 2.24. The van der Waals surface area contributed by atoms with Gasteiger partial charge in [0.05, 0.1) is 18.2 Å². The Hall–Kier alpha value is -2.47. The Balaban J connectivity index is 1.59. The van der Waals surface area contributed by atoms with Crippen molar-refractivity contribution in [1.82, 2.24) is 0 Å². The molecular weight excluding hydrogens is 260 g/mol. The molecule has 0 saturated heterocycles. The first-order chi connectivity index (χ1) is 10.3. The average molecular weight is 278 g/mol. The molecule has 1 aliphatic rings. The molecule has 1 unspecified atom stereocenters. The molecule has 0 amide bonds. The third-order valence-electron chi connectivity index (χ3n) is 3.93. The number of rotatable bonds is 4. The summed E-state index contributed by atoms with van der Waals surface area (Å²) in [5.41, 5.74) is 3.40. The van der Waals surface area contributed by atoms with Crippen LogP contribution in [-0.4, -0.2) is 19.2 Å². The molecule has 3 rings (SSSR count). The number of anilines is 1. The van der Waals surface area contributed by atoms with Gasteiger partial charge in [-0.2, -0.15) is 5.26 Å². The highest BCUT2D eigenvalue weighted by atomic mass is 16.5. The van der Waals surface area contributed by atoms with Gasteiger partial charge in [0.2, 0.25) is 0 Å². The Bertz CT molecular complexity index is 658. The van der Waals surface area contributed by atoms with Crippen LogP contribution in [0.2, 0.25) is 0 Å². The summed E-state index contributed by atoms with van der Waals surface area (Å²) >= 11 is 0. The third kappa shape index (κ3) is 2.85. The molecule has 1 heterocycles. The molecule has 0 saturated carbocycles. The summed E-state index contributed by atoms with van der Waals surface area (Å²) in [6.45, 7) is 3.77. The first kappa shape index (κ1) is 13.5.